The van der Waals surface area contributed by atoms with Crippen LogP contribution in [0.3, 0.4) is 0 Å². The summed E-state index contributed by atoms with van der Waals surface area (Å²) in [5, 5.41) is 0. The van der Waals surface area contributed by atoms with Crippen LogP contribution in [-0.4, -0.2) is 31.1 Å². The predicted molar refractivity (Wildman–Crippen MR) is 91.9 cm³/mol. The second-order valence-corrected chi connectivity index (χ2v) is 8.35. The van der Waals surface area contributed by atoms with Crippen molar-refractivity contribution in [2.45, 2.75) is 69.7 Å². The fourth-order valence-corrected chi connectivity index (χ4v) is 4.73. The molecule has 0 aliphatic carbocycles. The van der Waals surface area contributed by atoms with E-state index in [0.717, 1.165) is 24.8 Å². The second kappa shape index (κ2) is 8.06. The van der Waals surface area contributed by atoms with E-state index in [1.807, 2.05) is 6.92 Å². The van der Waals surface area contributed by atoms with Gasteiger partial charge in [0.15, 0.2) is 0 Å². The minimum Gasteiger partial charge on any atom is -0.298 e. The molecule has 1 saturated heterocycles. The van der Waals surface area contributed by atoms with E-state index in [1.165, 1.54) is 23.6 Å². The lowest BCUT2D eigenvalue weighted by molar-refractivity contribution is -0.116. The molecular formula is C18H27NO3S. The molecule has 1 aromatic carbocycles. The van der Waals surface area contributed by atoms with Crippen LogP contribution in [0, 0.1) is 6.92 Å². The molecule has 1 aromatic rings. The molecule has 0 radical (unpaired) electrons. The maximum Gasteiger partial charge on any atom is 0.243 e. The Kier molecular flexibility index (Phi) is 6.36. The van der Waals surface area contributed by atoms with Crippen LogP contribution in [0.15, 0.2) is 29.2 Å². The average Bonchev–Trinajstić information content (AvgIpc) is 2.89. The molecule has 5 heteroatoms. The van der Waals surface area contributed by atoms with Crippen molar-refractivity contribution in [2.24, 2.45) is 0 Å². The van der Waals surface area contributed by atoms with E-state index >= 15 is 0 Å². The number of hydrogen-bond donors (Lipinski definition) is 0. The van der Waals surface area contributed by atoms with Gasteiger partial charge in [-0.05, 0) is 25.5 Å². The Hall–Kier alpha value is -1.20. The Bertz CT molecular complexity index is 622. The van der Waals surface area contributed by atoms with Gasteiger partial charge in [0.2, 0.25) is 10.0 Å². The number of carbonyl (C=O) groups is 1. The highest BCUT2D eigenvalue weighted by molar-refractivity contribution is 7.89. The molecule has 0 N–H and O–H groups in total. The molecule has 0 amide bonds. The summed E-state index contributed by atoms with van der Waals surface area (Å²) >= 11 is 0. The van der Waals surface area contributed by atoms with E-state index in [9.17, 15) is 13.2 Å². The zero-order chi connectivity index (χ0) is 16.9. The smallest absolute Gasteiger partial charge is 0.243 e. The molecule has 1 aliphatic rings. The molecule has 1 fully saturated rings. The minimum atomic E-state index is -3.57. The molecule has 0 saturated carbocycles. The molecule has 0 spiro atoms. The maximum absolute atomic E-state index is 12.8. The van der Waals surface area contributed by atoms with E-state index in [1.54, 1.807) is 24.3 Å². The van der Waals surface area contributed by atoms with Crippen LogP contribution in [0.1, 0.15) is 57.4 Å². The van der Waals surface area contributed by atoms with Crippen LogP contribution < -0.4 is 0 Å². The first-order valence-electron chi connectivity index (χ1n) is 8.55. The van der Waals surface area contributed by atoms with Gasteiger partial charge in [0.1, 0.15) is 5.78 Å². The summed E-state index contributed by atoms with van der Waals surface area (Å²) in [5.74, 6) is 0.0271. The van der Waals surface area contributed by atoms with Gasteiger partial charge >= 0.3 is 0 Å². The van der Waals surface area contributed by atoms with Gasteiger partial charge in [-0.3, -0.25) is 4.79 Å². The van der Waals surface area contributed by atoms with E-state index in [4.69, 9.17) is 0 Å². The maximum atomic E-state index is 12.8. The minimum absolute atomic E-state index is 0.0236. The molecule has 4 nitrogen and oxygen atoms in total. The Morgan fingerprint density at radius 1 is 1.09 bits per heavy atom. The molecule has 1 unspecified atom stereocenters. The number of carbonyl (C=O) groups excluding carboxylic acids is 1. The zero-order valence-corrected chi connectivity index (χ0v) is 14.9. The number of Topliss-reactive ketones (excluding diaryl/α,β-unsaturated/α-hetero) is 1. The van der Waals surface area contributed by atoms with Crippen LogP contribution in [-0.2, 0) is 14.8 Å². The normalized spacial score (nSPS) is 19.4. The van der Waals surface area contributed by atoms with Gasteiger partial charge in [-0.1, -0.05) is 56.7 Å². The number of hydrogen-bond acceptors (Lipinski definition) is 3. The lowest BCUT2D eigenvalue weighted by Gasteiger charge is -2.23. The SMILES string of the molecule is CCCCCCCC1CC(=O)CN1S(=O)(=O)c1ccc(C)cc1. The molecule has 0 bridgehead atoms. The quantitative estimate of drug-likeness (QED) is 0.680. The Balaban J connectivity index is 2.05. The summed E-state index contributed by atoms with van der Waals surface area (Å²) in [7, 11) is -3.57. The third-order valence-electron chi connectivity index (χ3n) is 4.47. The molecule has 1 atom stereocenters. The molecule has 1 aliphatic heterocycles. The lowest BCUT2D eigenvalue weighted by Crippen LogP contribution is -2.35. The third-order valence-corrected chi connectivity index (χ3v) is 6.38. The topological polar surface area (TPSA) is 54.5 Å². The van der Waals surface area contributed by atoms with Crippen LogP contribution in [0.5, 0.6) is 0 Å². The van der Waals surface area contributed by atoms with Crippen molar-refractivity contribution >= 4 is 15.8 Å². The van der Waals surface area contributed by atoms with Gasteiger partial charge in [0, 0.05) is 12.5 Å². The van der Waals surface area contributed by atoms with Gasteiger partial charge < -0.3 is 0 Å². The van der Waals surface area contributed by atoms with Crippen molar-refractivity contribution in [3.8, 4) is 0 Å². The Labute approximate surface area is 139 Å². The van der Waals surface area contributed by atoms with Crippen molar-refractivity contribution in [3.63, 3.8) is 0 Å². The number of ketones is 1. The summed E-state index contributed by atoms with van der Waals surface area (Å²) in [6, 6.07) is 6.68. The van der Waals surface area contributed by atoms with Crippen molar-refractivity contribution in [3.05, 3.63) is 29.8 Å². The molecule has 2 rings (SSSR count). The molecule has 128 valence electrons. The number of aryl methyl sites for hydroxylation is 1. The van der Waals surface area contributed by atoms with E-state index < -0.39 is 10.0 Å². The first-order chi connectivity index (χ1) is 10.9. The highest BCUT2D eigenvalue weighted by atomic mass is 32.2. The van der Waals surface area contributed by atoms with Gasteiger partial charge in [0.05, 0.1) is 11.4 Å². The van der Waals surface area contributed by atoms with Crippen molar-refractivity contribution < 1.29 is 13.2 Å². The van der Waals surface area contributed by atoms with Crippen molar-refractivity contribution in [1.82, 2.24) is 4.31 Å². The number of unbranched alkanes of at least 4 members (excludes halogenated alkanes) is 4. The first kappa shape index (κ1) is 18.1. The van der Waals surface area contributed by atoms with Gasteiger partial charge in [-0.15, -0.1) is 0 Å². The third kappa shape index (κ3) is 4.64. The summed E-state index contributed by atoms with van der Waals surface area (Å²) in [6.45, 7) is 4.12. The van der Waals surface area contributed by atoms with Crippen molar-refractivity contribution in [2.75, 3.05) is 6.54 Å². The number of rotatable bonds is 8. The van der Waals surface area contributed by atoms with Crippen LogP contribution in [0.2, 0.25) is 0 Å². The molecular weight excluding hydrogens is 310 g/mol. The standard InChI is InChI=1S/C18H27NO3S/c1-3-4-5-6-7-8-16-13-17(20)14-19(16)23(21,22)18-11-9-15(2)10-12-18/h9-12,16H,3-8,13-14H2,1-2H3. The summed E-state index contributed by atoms with van der Waals surface area (Å²) in [4.78, 5) is 12.1. The largest absolute Gasteiger partial charge is 0.298 e. The van der Waals surface area contributed by atoms with E-state index in [0.29, 0.717) is 6.42 Å². The van der Waals surface area contributed by atoms with Crippen LogP contribution in [0.4, 0.5) is 0 Å². The lowest BCUT2D eigenvalue weighted by atomic mass is 10.1. The van der Waals surface area contributed by atoms with Crippen LogP contribution >= 0.6 is 0 Å². The molecule has 0 aromatic heterocycles. The molecule has 1 heterocycles. The van der Waals surface area contributed by atoms with E-state index in [-0.39, 0.29) is 23.3 Å². The highest BCUT2D eigenvalue weighted by Gasteiger charge is 2.38. The highest BCUT2D eigenvalue weighted by Crippen LogP contribution is 2.27. The first-order valence-corrected chi connectivity index (χ1v) is 9.99. The summed E-state index contributed by atoms with van der Waals surface area (Å²) in [6.07, 6.45) is 6.82. The fraction of sp³-hybridized carbons (Fsp3) is 0.611. The van der Waals surface area contributed by atoms with Crippen molar-refractivity contribution in [1.29, 1.82) is 0 Å². The fourth-order valence-electron chi connectivity index (χ4n) is 3.09. The van der Waals surface area contributed by atoms with Crippen LogP contribution in [0.25, 0.3) is 0 Å². The monoisotopic (exact) mass is 337 g/mol. The second-order valence-electron chi connectivity index (χ2n) is 6.46. The average molecular weight is 337 g/mol. The van der Waals surface area contributed by atoms with E-state index in [2.05, 4.69) is 6.92 Å². The Morgan fingerprint density at radius 3 is 2.39 bits per heavy atom. The Morgan fingerprint density at radius 2 is 1.74 bits per heavy atom. The summed E-state index contributed by atoms with van der Waals surface area (Å²) in [5.41, 5.74) is 1.02. The van der Waals surface area contributed by atoms with Gasteiger partial charge in [-0.2, -0.15) is 4.31 Å². The number of nitrogens with zero attached hydrogens (tertiary/aromatic N) is 1. The van der Waals surface area contributed by atoms with Gasteiger partial charge in [-0.25, -0.2) is 8.42 Å². The number of benzene rings is 1. The number of sulfonamides is 1. The molecule has 23 heavy (non-hydrogen) atoms. The summed E-state index contributed by atoms with van der Waals surface area (Å²) < 4.78 is 27.0. The predicted octanol–water partition coefficient (Wildman–Crippen LogP) is 3.69. The van der Waals surface area contributed by atoms with Gasteiger partial charge in [0.25, 0.3) is 0 Å². The zero-order valence-electron chi connectivity index (χ0n) is 14.1.